The number of tetrazole rings is 1. The highest BCUT2D eigenvalue weighted by Crippen LogP contribution is 2.65. The second-order valence-corrected chi connectivity index (χ2v) is 9.96. The molecule has 4 bridgehead atoms. The van der Waals surface area contributed by atoms with E-state index in [1.807, 2.05) is 36.0 Å². The zero-order valence-corrected chi connectivity index (χ0v) is 17.1. The Hall–Kier alpha value is -1.76. The highest BCUT2D eigenvalue weighted by Gasteiger charge is 2.59. The third-order valence-electron chi connectivity index (χ3n) is 6.75. The number of benzene rings is 1. The minimum absolute atomic E-state index is 0.0385. The molecule has 0 spiro atoms. The predicted octanol–water partition coefficient (Wildman–Crippen LogP) is 4.07. The third kappa shape index (κ3) is 3.10. The van der Waals surface area contributed by atoms with E-state index in [1.165, 1.54) is 6.42 Å². The number of nitrogens with one attached hydrogen (secondary N) is 1. The zero-order valence-electron chi connectivity index (χ0n) is 15.5. The summed E-state index contributed by atoms with van der Waals surface area (Å²) in [5.74, 6) is 2.21. The molecule has 142 valence electrons. The van der Waals surface area contributed by atoms with Gasteiger partial charge in [-0.05, 0) is 92.2 Å². The summed E-state index contributed by atoms with van der Waals surface area (Å²) in [5.41, 5.74) is 0.894. The summed E-state index contributed by atoms with van der Waals surface area (Å²) < 4.78 is 1.01. The minimum atomic E-state index is -0.0385. The standard InChI is InChI=1S/C20H24BrN5O/c1-13-23-25-26(24-13)20-9-14-6-15(10-20)8-19(7-14,12-20)11-18(27)22-17-4-2-16(21)3-5-17/h2-5,14-15H,6-12H2,1H3,(H,22,27). The van der Waals surface area contributed by atoms with Gasteiger partial charge in [0.25, 0.3) is 0 Å². The Morgan fingerprint density at radius 3 is 2.56 bits per heavy atom. The summed E-state index contributed by atoms with van der Waals surface area (Å²) in [6, 6.07) is 7.78. The number of carbonyl (C=O) groups is 1. The number of aryl methyl sites for hydroxylation is 1. The third-order valence-corrected chi connectivity index (χ3v) is 7.28. The van der Waals surface area contributed by atoms with Gasteiger partial charge in [-0.2, -0.15) is 4.80 Å². The molecule has 2 unspecified atom stereocenters. The normalized spacial score (nSPS) is 34.0. The highest BCUT2D eigenvalue weighted by molar-refractivity contribution is 9.10. The van der Waals surface area contributed by atoms with Gasteiger partial charge in [0.1, 0.15) is 0 Å². The number of nitrogens with zero attached hydrogens (tertiary/aromatic N) is 4. The molecule has 1 amide bonds. The quantitative estimate of drug-likeness (QED) is 0.794. The first-order valence-electron chi connectivity index (χ1n) is 9.76. The van der Waals surface area contributed by atoms with Gasteiger partial charge in [-0.1, -0.05) is 15.9 Å². The topological polar surface area (TPSA) is 72.7 Å². The van der Waals surface area contributed by atoms with Gasteiger partial charge in [-0.25, -0.2) is 0 Å². The summed E-state index contributed by atoms with van der Waals surface area (Å²) in [7, 11) is 0. The maximum atomic E-state index is 12.9. The summed E-state index contributed by atoms with van der Waals surface area (Å²) in [6.07, 6.45) is 7.47. The fourth-order valence-corrected chi connectivity index (χ4v) is 6.67. The average Bonchev–Trinajstić information content (AvgIpc) is 3.02. The molecule has 4 saturated carbocycles. The number of hydrogen-bond donors (Lipinski definition) is 1. The monoisotopic (exact) mass is 429 g/mol. The van der Waals surface area contributed by atoms with Crippen molar-refractivity contribution in [2.24, 2.45) is 17.3 Å². The summed E-state index contributed by atoms with van der Waals surface area (Å²) in [6.45, 7) is 1.89. The van der Waals surface area contributed by atoms with Gasteiger partial charge in [0.2, 0.25) is 5.91 Å². The zero-order chi connectivity index (χ0) is 18.6. The van der Waals surface area contributed by atoms with Gasteiger partial charge < -0.3 is 5.32 Å². The van der Waals surface area contributed by atoms with E-state index in [1.54, 1.807) is 0 Å². The number of hydrogen-bond acceptors (Lipinski definition) is 4. The van der Waals surface area contributed by atoms with Crippen molar-refractivity contribution in [2.75, 3.05) is 5.32 Å². The summed E-state index contributed by atoms with van der Waals surface area (Å²) in [5, 5.41) is 16.1. The molecule has 4 fully saturated rings. The smallest absolute Gasteiger partial charge is 0.224 e. The van der Waals surface area contributed by atoms with E-state index in [9.17, 15) is 4.79 Å². The van der Waals surface area contributed by atoms with Crippen LogP contribution >= 0.6 is 15.9 Å². The number of aromatic nitrogens is 4. The molecular formula is C20H24BrN5O. The lowest BCUT2D eigenvalue weighted by atomic mass is 9.46. The molecule has 0 aliphatic heterocycles. The van der Waals surface area contributed by atoms with Crippen molar-refractivity contribution in [3.05, 3.63) is 34.6 Å². The van der Waals surface area contributed by atoms with Gasteiger partial charge in [0.15, 0.2) is 5.82 Å². The Balaban J connectivity index is 1.37. The van der Waals surface area contributed by atoms with Crippen LogP contribution in [0, 0.1) is 24.2 Å². The van der Waals surface area contributed by atoms with Crippen LogP contribution in [0.4, 0.5) is 5.69 Å². The highest BCUT2D eigenvalue weighted by atomic mass is 79.9. The van der Waals surface area contributed by atoms with E-state index >= 15 is 0 Å². The van der Waals surface area contributed by atoms with Crippen LogP contribution in [0.3, 0.4) is 0 Å². The Morgan fingerprint density at radius 2 is 1.93 bits per heavy atom. The maximum absolute atomic E-state index is 12.9. The van der Waals surface area contributed by atoms with Crippen LogP contribution in [0.15, 0.2) is 28.7 Å². The first-order chi connectivity index (χ1) is 12.9. The molecule has 4 aliphatic carbocycles. The molecule has 1 N–H and O–H groups in total. The van der Waals surface area contributed by atoms with Crippen LogP contribution in [0.1, 0.15) is 50.8 Å². The lowest BCUT2D eigenvalue weighted by Gasteiger charge is -2.61. The molecule has 4 aliphatic rings. The van der Waals surface area contributed by atoms with E-state index in [4.69, 9.17) is 0 Å². The van der Waals surface area contributed by atoms with Crippen molar-refractivity contribution < 1.29 is 4.79 Å². The molecule has 6 nitrogen and oxygen atoms in total. The average molecular weight is 430 g/mol. The molecule has 1 aromatic carbocycles. The number of carbonyl (C=O) groups excluding carboxylic acids is 1. The Morgan fingerprint density at radius 1 is 1.22 bits per heavy atom. The van der Waals surface area contributed by atoms with Crippen LogP contribution in [0.2, 0.25) is 0 Å². The first kappa shape index (κ1) is 17.3. The van der Waals surface area contributed by atoms with Crippen molar-refractivity contribution in [1.82, 2.24) is 20.2 Å². The minimum Gasteiger partial charge on any atom is -0.326 e. The van der Waals surface area contributed by atoms with Crippen molar-refractivity contribution >= 4 is 27.5 Å². The van der Waals surface area contributed by atoms with Crippen LogP contribution in [-0.4, -0.2) is 26.1 Å². The molecule has 1 aromatic heterocycles. The van der Waals surface area contributed by atoms with E-state index in [-0.39, 0.29) is 16.9 Å². The predicted molar refractivity (Wildman–Crippen MR) is 105 cm³/mol. The van der Waals surface area contributed by atoms with Crippen LogP contribution in [0.25, 0.3) is 0 Å². The van der Waals surface area contributed by atoms with Gasteiger partial charge in [0, 0.05) is 16.6 Å². The largest absolute Gasteiger partial charge is 0.326 e. The number of anilines is 1. The van der Waals surface area contributed by atoms with Gasteiger partial charge >= 0.3 is 0 Å². The van der Waals surface area contributed by atoms with E-state index < -0.39 is 0 Å². The Labute approximate surface area is 167 Å². The second-order valence-electron chi connectivity index (χ2n) is 9.04. The lowest BCUT2D eigenvalue weighted by Crippen LogP contribution is -2.57. The van der Waals surface area contributed by atoms with E-state index in [2.05, 4.69) is 36.7 Å². The van der Waals surface area contributed by atoms with Crippen molar-refractivity contribution in [1.29, 1.82) is 0 Å². The molecule has 27 heavy (non-hydrogen) atoms. The Bertz CT molecular complexity index is 863. The maximum Gasteiger partial charge on any atom is 0.224 e. The van der Waals surface area contributed by atoms with Crippen molar-refractivity contribution in [3.8, 4) is 0 Å². The summed E-state index contributed by atoms with van der Waals surface area (Å²) >= 11 is 3.43. The molecule has 0 radical (unpaired) electrons. The molecule has 6 rings (SSSR count). The fourth-order valence-electron chi connectivity index (χ4n) is 6.41. The molecule has 7 heteroatoms. The SMILES string of the molecule is Cc1nnn(C23CC4CC(CC(CC(=O)Nc5ccc(Br)cc5)(C4)C2)C3)n1. The van der Waals surface area contributed by atoms with Gasteiger partial charge in [0.05, 0.1) is 5.54 Å². The van der Waals surface area contributed by atoms with Gasteiger partial charge in [-0.15, -0.1) is 10.2 Å². The Kier molecular flexibility index (Phi) is 3.93. The molecule has 2 aromatic rings. The van der Waals surface area contributed by atoms with Crippen LogP contribution in [0.5, 0.6) is 0 Å². The molecule has 0 saturated heterocycles. The second kappa shape index (κ2) is 6.12. The van der Waals surface area contributed by atoms with Crippen LogP contribution in [-0.2, 0) is 10.3 Å². The van der Waals surface area contributed by atoms with Crippen LogP contribution < -0.4 is 5.32 Å². The molecule has 1 heterocycles. The summed E-state index contributed by atoms with van der Waals surface area (Å²) in [4.78, 5) is 14.7. The fraction of sp³-hybridized carbons (Fsp3) is 0.600. The first-order valence-corrected chi connectivity index (χ1v) is 10.6. The number of halogens is 1. The van der Waals surface area contributed by atoms with Crippen molar-refractivity contribution in [3.63, 3.8) is 0 Å². The number of amides is 1. The van der Waals surface area contributed by atoms with E-state index in [0.29, 0.717) is 18.3 Å². The van der Waals surface area contributed by atoms with E-state index in [0.717, 1.165) is 48.1 Å². The lowest BCUT2D eigenvalue weighted by molar-refractivity contribution is -0.135. The number of rotatable bonds is 4. The molecule has 2 atom stereocenters. The van der Waals surface area contributed by atoms with Crippen molar-refractivity contribution in [2.45, 2.75) is 57.4 Å². The van der Waals surface area contributed by atoms with Gasteiger partial charge in [-0.3, -0.25) is 4.79 Å². The molecular weight excluding hydrogens is 406 g/mol.